The molecule has 2 nitrogen and oxygen atoms in total. The highest BCUT2D eigenvalue weighted by atomic mass is 16.5. The quantitative estimate of drug-likeness (QED) is 0.746. The second-order valence-corrected chi connectivity index (χ2v) is 5.02. The van der Waals surface area contributed by atoms with Gasteiger partial charge in [0, 0.05) is 0 Å². The summed E-state index contributed by atoms with van der Waals surface area (Å²) < 4.78 is 4.99. The van der Waals surface area contributed by atoms with Gasteiger partial charge in [0.1, 0.15) is 0 Å². The van der Waals surface area contributed by atoms with E-state index in [4.69, 9.17) is 4.74 Å². The lowest BCUT2D eigenvalue weighted by molar-refractivity contribution is -0.147. The van der Waals surface area contributed by atoms with Crippen LogP contribution in [0.5, 0.6) is 0 Å². The van der Waals surface area contributed by atoms with Crippen molar-refractivity contribution in [3.63, 3.8) is 0 Å². The van der Waals surface area contributed by atoms with E-state index in [2.05, 4.69) is 31.2 Å². The van der Waals surface area contributed by atoms with Crippen molar-refractivity contribution in [2.75, 3.05) is 7.11 Å². The van der Waals surface area contributed by atoms with Crippen LogP contribution in [0.3, 0.4) is 0 Å². The van der Waals surface area contributed by atoms with Crippen LogP contribution in [0.4, 0.5) is 0 Å². The molecule has 1 atom stereocenters. The van der Waals surface area contributed by atoms with E-state index in [1.165, 1.54) is 12.7 Å². The molecule has 0 amide bonds. The Morgan fingerprint density at radius 1 is 1.35 bits per heavy atom. The molecule has 0 N–H and O–H groups in total. The van der Waals surface area contributed by atoms with E-state index in [9.17, 15) is 4.79 Å². The van der Waals surface area contributed by atoms with Crippen LogP contribution in [0, 0.1) is 5.92 Å². The molecule has 0 heterocycles. The van der Waals surface area contributed by atoms with Gasteiger partial charge in [-0.25, -0.2) is 0 Å². The maximum Gasteiger partial charge on any atom is 0.316 e. The Bertz CT molecular complexity index is 403. The summed E-state index contributed by atoms with van der Waals surface area (Å²) in [5.41, 5.74) is 1.93. The molecule has 0 aromatic heterocycles. The van der Waals surface area contributed by atoms with Gasteiger partial charge < -0.3 is 4.74 Å². The molecule has 1 unspecified atom stereocenters. The molecule has 1 aliphatic rings. The Kier molecular flexibility index (Phi) is 3.23. The van der Waals surface area contributed by atoms with E-state index >= 15 is 0 Å². The zero-order chi connectivity index (χ0) is 12.5. The van der Waals surface area contributed by atoms with Gasteiger partial charge in [0.15, 0.2) is 0 Å². The first-order valence-electron chi connectivity index (χ1n) is 6.30. The van der Waals surface area contributed by atoms with E-state index in [1.54, 1.807) is 0 Å². The summed E-state index contributed by atoms with van der Waals surface area (Å²) in [6.07, 6.45) is 3.28. The van der Waals surface area contributed by atoms with E-state index in [0.29, 0.717) is 5.92 Å². The molecule has 0 spiro atoms. The molecule has 1 saturated carbocycles. The van der Waals surface area contributed by atoms with Crippen molar-refractivity contribution in [3.8, 4) is 0 Å². The SMILES string of the molecule is CCc1ccc(C(C)(C(=O)OC)C2CC2)cc1. The highest BCUT2D eigenvalue weighted by molar-refractivity contribution is 5.83. The number of esters is 1. The molecule has 1 aromatic carbocycles. The summed E-state index contributed by atoms with van der Waals surface area (Å²) in [6.45, 7) is 4.15. The summed E-state index contributed by atoms with van der Waals surface area (Å²) >= 11 is 0. The largest absolute Gasteiger partial charge is 0.468 e. The standard InChI is InChI=1S/C15H20O2/c1-4-11-5-7-12(8-6-11)15(2,13-9-10-13)14(16)17-3/h5-8,13H,4,9-10H2,1-3H3. The smallest absolute Gasteiger partial charge is 0.316 e. The zero-order valence-corrected chi connectivity index (χ0v) is 10.8. The first-order valence-corrected chi connectivity index (χ1v) is 6.30. The number of carbonyl (C=O) groups is 1. The highest BCUT2D eigenvalue weighted by Crippen LogP contribution is 2.48. The lowest BCUT2D eigenvalue weighted by Crippen LogP contribution is -2.36. The Hall–Kier alpha value is -1.31. The first kappa shape index (κ1) is 12.2. The van der Waals surface area contributed by atoms with Gasteiger partial charge in [0.05, 0.1) is 12.5 Å². The van der Waals surface area contributed by atoms with Gasteiger partial charge in [-0.1, -0.05) is 31.2 Å². The van der Waals surface area contributed by atoms with E-state index < -0.39 is 5.41 Å². The normalized spacial score (nSPS) is 18.5. The topological polar surface area (TPSA) is 26.3 Å². The Morgan fingerprint density at radius 3 is 2.35 bits per heavy atom. The van der Waals surface area contributed by atoms with Crippen molar-refractivity contribution >= 4 is 5.97 Å². The van der Waals surface area contributed by atoms with Crippen molar-refractivity contribution in [1.29, 1.82) is 0 Å². The third kappa shape index (κ3) is 2.08. The second-order valence-electron chi connectivity index (χ2n) is 5.02. The fourth-order valence-corrected chi connectivity index (χ4v) is 2.48. The second kappa shape index (κ2) is 4.52. The molecular weight excluding hydrogens is 212 g/mol. The lowest BCUT2D eigenvalue weighted by Gasteiger charge is -2.27. The average Bonchev–Trinajstić information content (AvgIpc) is 3.21. The molecule has 0 bridgehead atoms. The van der Waals surface area contributed by atoms with Crippen LogP contribution >= 0.6 is 0 Å². The van der Waals surface area contributed by atoms with Gasteiger partial charge in [-0.2, -0.15) is 0 Å². The van der Waals surface area contributed by atoms with Gasteiger partial charge in [0.2, 0.25) is 0 Å². The predicted octanol–water partition coefficient (Wildman–Crippen LogP) is 3.09. The summed E-state index contributed by atoms with van der Waals surface area (Å²) in [5, 5.41) is 0. The lowest BCUT2D eigenvalue weighted by atomic mass is 9.77. The van der Waals surface area contributed by atoms with Crippen LogP contribution in [0.2, 0.25) is 0 Å². The highest BCUT2D eigenvalue weighted by Gasteiger charge is 2.49. The number of hydrogen-bond acceptors (Lipinski definition) is 2. The molecule has 1 aromatic rings. The monoisotopic (exact) mass is 232 g/mol. The average molecular weight is 232 g/mol. The van der Waals surface area contributed by atoms with Crippen molar-refractivity contribution in [2.45, 2.75) is 38.5 Å². The van der Waals surface area contributed by atoms with Crippen LogP contribution in [0.15, 0.2) is 24.3 Å². The summed E-state index contributed by atoms with van der Waals surface area (Å²) in [7, 11) is 1.48. The zero-order valence-electron chi connectivity index (χ0n) is 10.8. The third-order valence-corrected chi connectivity index (χ3v) is 3.97. The van der Waals surface area contributed by atoms with Crippen molar-refractivity contribution in [1.82, 2.24) is 0 Å². The van der Waals surface area contributed by atoms with Crippen LogP contribution in [-0.4, -0.2) is 13.1 Å². The minimum Gasteiger partial charge on any atom is -0.468 e. The maximum atomic E-state index is 12.0. The number of ether oxygens (including phenoxy) is 1. The summed E-state index contributed by atoms with van der Waals surface area (Å²) in [4.78, 5) is 12.0. The van der Waals surface area contributed by atoms with E-state index in [0.717, 1.165) is 24.8 Å². The molecule has 0 saturated heterocycles. The minimum absolute atomic E-state index is 0.107. The molecule has 17 heavy (non-hydrogen) atoms. The fraction of sp³-hybridized carbons (Fsp3) is 0.533. The number of benzene rings is 1. The Labute approximate surface area is 103 Å². The summed E-state index contributed by atoms with van der Waals surface area (Å²) in [6, 6.07) is 8.37. The van der Waals surface area contributed by atoms with Gasteiger partial charge >= 0.3 is 5.97 Å². The number of hydrogen-bond donors (Lipinski definition) is 0. The van der Waals surface area contributed by atoms with Crippen molar-refractivity contribution in [3.05, 3.63) is 35.4 Å². The number of aryl methyl sites for hydroxylation is 1. The molecule has 0 aliphatic heterocycles. The minimum atomic E-state index is -0.457. The number of methoxy groups -OCH3 is 1. The first-order chi connectivity index (χ1) is 8.12. The van der Waals surface area contributed by atoms with Gasteiger partial charge in [-0.05, 0) is 43.2 Å². The molecule has 2 rings (SSSR count). The van der Waals surface area contributed by atoms with Gasteiger partial charge in [-0.15, -0.1) is 0 Å². The molecule has 92 valence electrons. The Balaban J connectivity index is 2.35. The third-order valence-electron chi connectivity index (χ3n) is 3.97. The molecular formula is C15H20O2. The van der Waals surface area contributed by atoms with Crippen molar-refractivity contribution < 1.29 is 9.53 Å². The molecule has 2 heteroatoms. The fourth-order valence-electron chi connectivity index (χ4n) is 2.48. The number of carbonyl (C=O) groups excluding carboxylic acids is 1. The maximum absolute atomic E-state index is 12.0. The molecule has 0 radical (unpaired) electrons. The van der Waals surface area contributed by atoms with Crippen LogP contribution in [0.25, 0.3) is 0 Å². The van der Waals surface area contributed by atoms with Crippen LogP contribution in [-0.2, 0) is 21.4 Å². The van der Waals surface area contributed by atoms with E-state index in [-0.39, 0.29) is 5.97 Å². The van der Waals surface area contributed by atoms with Crippen LogP contribution in [0.1, 0.15) is 37.8 Å². The van der Waals surface area contributed by atoms with Crippen LogP contribution < -0.4 is 0 Å². The number of rotatable bonds is 4. The Morgan fingerprint density at radius 2 is 1.94 bits per heavy atom. The van der Waals surface area contributed by atoms with Gasteiger partial charge in [0.25, 0.3) is 0 Å². The molecule has 1 fully saturated rings. The van der Waals surface area contributed by atoms with E-state index in [1.807, 2.05) is 6.92 Å². The predicted molar refractivity (Wildman–Crippen MR) is 67.9 cm³/mol. The van der Waals surface area contributed by atoms with Gasteiger partial charge in [-0.3, -0.25) is 4.79 Å². The summed E-state index contributed by atoms with van der Waals surface area (Å²) in [5.74, 6) is 0.340. The molecule has 1 aliphatic carbocycles. The van der Waals surface area contributed by atoms with Crippen molar-refractivity contribution in [2.24, 2.45) is 5.92 Å².